The molecular formula is C13H17ClFNO. The van der Waals surface area contributed by atoms with Crippen molar-refractivity contribution < 1.29 is 9.18 Å². The summed E-state index contributed by atoms with van der Waals surface area (Å²) in [5, 5.41) is 2.83. The first-order chi connectivity index (χ1) is 7.93. The molecule has 0 fully saturated rings. The van der Waals surface area contributed by atoms with Gasteiger partial charge in [-0.3, -0.25) is 4.79 Å². The molecule has 2 nitrogen and oxygen atoms in total. The molecule has 0 aliphatic rings. The van der Waals surface area contributed by atoms with Gasteiger partial charge in [-0.25, -0.2) is 4.39 Å². The van der Waals surface area contributed by atoms with Gasteiger partial charge < -0.3 is 5.32 Å². The number of rotatable bonds is 5. The van der Waals surface area contributed by atoms with Crippen molar-refractivity contribution in [2.24, 2.45) is 0 Å². The standard InChI is InChI=1S/C13H17ClFNO/c1-13(2,16-12(17)9-14)7-6-10-4-3-5-11(15)8-10/h3-5,8H,6-7,9H2,1-2H3,(H,16,17). The van der Waals surface area contributed by atoms with Crippen molar-refractivity contribution in [2.45, 2.75) is 32.2 Å². The lowest BCUT2D eigenvalue weighted by Gasteiger charge is -2.26. The molecule has 17 heavy (non-hydrogen) atoms. The molecule has 0 aliphatic carbocycles. The Kier molecular flexibility index (Phi) is 4.94. The highest BCUT2D eigenvalue weighted by Crippen LogP contribution is 2.14. The van der Waals surface area contributed by atoms with Crippen molar-refractivity contribution in [3.63, 3.8) is 0 Å². The molecule has 0 atom stereocenters. The Morgan fingerprint density at radius 1 is 1.47 bits per heavy atom. The summed E-state index contributed by atoms with van der Waals surface area (Å²) in [5.74, 6) is -0.454. The molecule has 4 heteroatoms. The van der Waals surface area contributed by atoms with Crippen molar-refractivity contribution >= 4 is 17.5 Å². The zero-order valence-corrected chi connectivity index (χ0v) is 10.9. The van der Waals surface area contributed by atoms with Gasteiger partial charge in [0.05, 0.1) is 0 Å². The first kappa shape index (κ1) is 14.0. The number of amides is 1. The Hall–Kier alpha value is -1.09. The highest BCUT2D eigenvalue weighted by atomic mass is 35.5. The third kappa shape index (κ3) is 5.18. The minimum Gasteiger partial charge on any atom is -0.350 e. The second-order valence-corrected chi connectivity index (χ2v) is 4.96. The van der Waals surface area contributed by atoms with Crippen molar-refractivity contribution in [1.29, 1.82) is 0 Å². The number of benzene rings is 1. The maximum atomic E-state index is 13.0. The lowest BCUT2D eigenvalue weighted by atomic mass is 9.95. The first-order valence-electron chi connectivity index (χ1n) is 5.54. The first-order valence-corrected chi connectivity index (χ1v) is 6.08. The second-order valence-electron chi connectivity index (χ2n) is 4.70. The number of hydrogen-bond donors (Lipinski definition) is 1. The summed E-state index contributed by atoms with van der Waals surface area (Å²) in [4.78, 5) is 11.2. The van der Waals surface area contributed by atoms with Crippen LogP contribution in [-0.2, 0) is 11.2 Å². The summed E-state index contributed by atoms with van der Waals surface area (Å²) in [6, 6.07) is 6.50. The predicted molar refractivity (Wildman–Crippen MR) is 67.7 cm³/mol. The van der Waals surface area contributed by atoms with E-state index in [1.165, 1.54) is 12.1 Å². The molecule has 1 N–H and O–H groups in total. The van der Waals surface area contributed by atoms with Crippen LogP contribution in [0, 0.1) is 5.82 Å². The second kappa shape index (κ2) is 6.01. The van der Waals surface area contributed by atoms with E-state index in [-0.39, 0.29) is 23.1 Å². The number of aryl methyl sites for hydroxylation is 1. The van der Waals surface area contributed by atoms with Crippen LogP contribution in [0.3, 0.4) is 0 Å². The van der Waals surface area contributed by atoms with Gasteiger partial charge in [-0.1, -0.05) is 12.1 Å². The van der Waals surface area contributed by atoms with Gasteiger partial charge in [0.2, 0.25) is 5.91 Å². The topological polar surface area (TPSA) is 29.1 Å². The van der Waals surface area contributed by atoms with E-state index in [0.717, 1.165) is 12.0 Å². The smallest absolute Gasteiger partial charge is 0.235 e. The molecule has 0 bridgehead atoms. The summed E-state index contributed by atoms with van der Waals surface area (Å²) in [6.45, 7) is 3.85. The van der Waals surface area contributed by atoms with Gasteiger partial charge in [0.1, 0.15) is 11.7 Å². The molecule has 1 rings (SSSR count). The Balaban J connectivity index is 2.52. The van der Waals surface area contributed by atoms with Gasteiger partial charge in [-0.2, -0.15) is 0 Å². The van der Waals surface area contributed by atoms with E-state index in [4.69, 9.17) is 11.6 Å². The average Bonchev–Trinajstić information content (AvgIpc) is 2.26. The third-order valence-corrected chi connectivity index (χ3v) is 2.77. The maximum absolute atomic E-state index is 13.0. The van der Waals surface area contributed by atoms with Crippen LogP contribution in [0.2, 0.25) is 0 Å². The molecule has 0 heterocycles. The summed E-state index contributed by atoms with van der Waals surface area (Å²) in [6.07, 6.45) is 1.45. The Morgan fingerprint density at radius 3 is 2.76 bits per heavy atom. The van der Waals surface area contributed by atoms with Gasteiger partial charge in [0, 0.05) is 5.54 Å². The van der Waals surface area contributed by atoms with E-state index in [1.54, 1.807) is 6.07 Å². The monoisotopic (exact) mass is 257 g/mol. The number of carbonyl (C=O) groups excluding carboxylic acids is 1. The zero-order chi connectivity index (χ0) is 12.9. The van der Waals surface area contributed by atoms with Crippen molar-refractivity contribution in [3.8, 4) is 0 Å². The highest BCUT2D eigenvalue weighted by Gasteiger charge is 2.19. The van der Waals surface area contributed by atoms with Crippen LogP contribution in [0.15, 0.2) is 24.3 Å². The molecule has 1 aromatic rings. The fraction of sp³-hybridized carbons (Fsp3) is 0.462. The minimum absolute atomic E-state index is 0.0383. The number of halogens is 2. The normalized spacial score (nSPS) is 11.3. The number of hydrogen-bond acceptors (Lipinski definition) is 1. The fourth-order valence-corrected chi connectivity index (χ4v) is 1.69. The largest absolute Gasteiger partial charge is 0.350 e. The molecule has 0 aliphatic heterocycles. The third-order valence-electron chi connectivity index (χ3n) is 2.53. The van der Waals surface area contributed by atoms with E-state index < -0.39 is 0 Å². The predicted octanol–water partition coefficient (Wildman–Crippen LogP) is 2.89. The Morgan fingerprint density at radius 2 is 2.18 bits per heavy atom. The fourth-order valence-electron chi connectivity index (χ4n) is 1.62. The van der Waals surface area contributed by atoms with E-state index in [0.29, 0.717) is 6.42 Å². The molecule has 0 aromatic heterocycles. The molecule has 0 spiro atoms. The summed E-state index contributed by atoms with van der Waals surface area (Å²) in [7, 11) is 0. The Labute approximate surface area is 106 Å². The van der Waals surface area contributed by atoms with E-state index >= 15 is 0 Å². The van der Waals surface area contributed by atoms with Crippen LogP contribution in [0.4, 0.5) is 4.39 Å². The van der Waals surface area contributed by atoms with Gasteiger partial charge in [-0.05, 0) is 44.4 Å². The molecular weight excluding hydrogens is 241 g/mol. The molecule has 0 saturated carbocycles. The minimum atomic E-state index is -0.335. The molecule has 94 valence electrons. The van der Waals surface area contributed by atoms with Crippen LogP contribution in [0.25, 0.3) is 0 Å². The molecule has 0 saturated heterocycles. The van der Waals surface area contributed by atoms with Gasteiger partial charge >= 0.3 is 0 Å². The van der Waals surface area contributed by atoms with Gasteiger partial charge in [0.15, 0.2) is 0 Å². The quantitative estimate of drug-likeness (QED) is 0.808. The van der Waals surface area contributed by atoms with Crippen LogP contribution >= 0.6 is 11.6 Å². The lowest BCUT2D eigenvalue weighted by Crippen LogP contribution is -2.44. The number of carbonyl (C=O) groups is 1. The molecule has 0 radical (unpaired) electrons. The van der Waals surface area contributed by atoms with Gasteiger partial charge in [-0.15, -0.1) is 11.6 Å². The molecule has 1 amide bonds. The van der Waals surface area contributed by atoms with E-state index in [1.807, 2.05) is 19.9 Å². The maximum Gasteiger partial charge on any atom is 0.235 e. The summed E-state index contributed by atoms with van der Waals surface area (Å²) < 4.78 is 13.0. The Bertz CT molecular complexity index is 393. The van der Waals surface area contributed by atoms with Crippen LogP contribution in [0.5, 0.6) is 0 Å². The van der Waals surface area contributed by atoms with Crippen LogP contribution < -0.4 is 5.32 Å². The van der Waals surface area contributed by atoms with Gasteiger partial charge in [0.25, 0.3) is 0 Å². The van der Waals surface area contributed by atoms with Crippen LogP contribution in [0.1, 0.15) is 25.8 Å². The summed E-state index contributed by atoms with van der Waals surface area (Å²) in [5.41, 5.74) is 0.594. The van der Waals surface area contributed by atoms with Crippen LogP contribution in [-0.4, -0.2) is 17.3 Å². The van der Waals surface area contributed by atoms with E-state index in [2.05, 4.69) is 5.32 Å². The molecule has 1 aromatic carbocycles. The number of nitrogens with one attached hydrogen (secondary N) is 1. The molecule has 0 unspecified atom stereocenters. The lowest BCUT2D eigenvalue weighted by molar-refractivity contribution is -0.120. The zero-order valence-electron chi connectivity index (χ0n) is 10.1. The van der Waals surface area contributed by atoms with Crippen molar-refractivity contribution in [3.05, 3.63) is 35.6 Å². The summed E-state index contributed by atoms with van der Waals surface area (Å²) >= 11 is 5.43. The number of alkyl halides is 1. The van der Waals surface area contributed by atoms with Crippen molar-refractivity contribution in [1.82, 2.24) is 5.32 Å². The highest BCUT2D eigenvalue weighted by molar-refractivity contribution is 6.27. The van der Waals surface area contributed by atoms with E-state index in [9.17, 15) is 9.18 Å². The SMILES string of the molecule is CC(C)(CCc1cccc(F)c1)NC(=O)CCl. The average molecular weight is 258 g/mol. The van der Waals surface area contributed by atoms with Crippen molar-refractivity contribution in [2.75, 3.05) is 5.88 Å².